The summed E-state index contributed by atoms with van der Waals surface area (Å²) >= 11 is 3.24. The zero-order chi connectivity index (χ0) is 14.8. The molecule has 0 aliphatic rings. The summed E-state index contributed by atoms with van der Waals surface area (Å²) in [6.45, 7) is 2.08. The lowest BCUT2D eigenvalue weighted by Gasteiger charge is -2.10. The highest BCUT2D eigenvalue weighted by Gasteiger charge is 2.17. The van der Waals surface area contributed by atoms with Crippen LogP contribution in [0.2, 0.25) is 0 Å². The van der Waals surface area contributed by atoms with Crippen LogP contribution in [-0.2, 0) is 16.6 Å². The number of aromatic nitrogens is 1. The van der Waals surface area contributed by atoms with Crippen LogP contribution in [0.25, 0.3) is 0 Å². The molecule has 1 aromatic heterocycles. The van der Waals surface area contributed by atoms with Crippen molar-refractivity contribution in [1.29, 1.82) is 0 Å². The Morgan fingerprint density at radius 3 is 2.80 bits per heavy atom. The summed E-state index contributed by atoms with van der Waals surface area (Å²) in [5.74, 6) is 0. The van der Waals surface area contributed by atoms with Gasteiger partial charge in [-0.15, -0.1) is 0 Å². The number of benzene rings is 1. The van der Waals surface area contributed by atoms with E-state index >= 15 is 0 Å². The number of nitrogens with two attached hydrogens (primary N) is 1. The summed E-state index contributed by atoms with van der Waals surface area (Å²) in [4.78, 5) is 4.05. The van der Waals surface area contributed by atoms with Crippen molar-refractivity contribution in [2.45, 2.75) is 18.4 Å². The molecule has 106 valence electrons. The second-order valence-corrected chi connectivity index (χ2v) is 6.96. The molecule has 2 aromatic rings. The van der Waals surface area contributed by atoms with Crippen molar-refractivity contribution in [2.75, 3.05) is 5.73 Å². The van der Waals surface area contributed by atoms with Crippen LogP contribution in [0.15, 0.2) is 46.0 Å². The number of aryl methyl sites for hydroxylation is 1. The van der Waals surface area contributed by atoms with Crippen molar-refractivity contribution in [2.24, 2.45) is 0 Å². The Balaban J connectivity index is 2.24. The molecule has 0 aliphatic carbocycles. The number of hydrogen-bond donors (Lipinski definition) is 2. The van der Waals surface area contributed by atoms with Gasteiger partial charge in [0, 0.05) is 23.4 Å². The monoisotopic (exact) mass is 355 g/mol. The highest BCUT2D eigenvalue weighted by molar-refractivity contribution is 9.10. The highest BCUT2D eigenvalue weighted by atomic mass is 79.9. The van der Waals surface area contributed by atoms with Gasteiger partial charge in [0.05, 0.1) is 5.69 Å². The van der Waals surface area contributed by atoms with Crippen molar-refractivity contribution >= 4 is 31.6 Å². The van der Waals surface area contributed by atoms with Gasteiger partial charge in [-0.2, -0.15) is 0 Å². The van der Waals surface area contributed by atoms with Crippen LogP contribution < -0.4 is 10.5 Å². The van der Waals surface area contributed by atoms with Crippen molar-refractivity contribution in [3.05, 3.63) is 52.3 Å². The van der Waals surface area contributed by atoms with E-state index in [1.807, 2.05) is 13.0 Å². The van der Waals surface area contributed by atoms with E-state index in [9.17, 15) is 8.42 Å². The summed E-state index contributed by atoms with van der Waals surface area (Å²) in [6.07, 6.45) is 3.31. The van der Waals surface area contributed by atoms with Gasteiger partial charge in [-0.05, 0) is 42.3 Å². The van der Waals surface area contributed by atoms with Crippen molar-refractivity contribution in [3.8, 4) is 0 Å². The van der Waals surface area contributed by atoms with Crippen molar-refractivity contribution in [3.63, 3.8) is 0 Å². The topological polar surface area (TPSA) is 85.1 Å². The molecular formula is C13H14BrN3O2S. The van der Waals surface area contributed by atoms with E-state index in [0.717, 1.165) is 11.1 Å². The van der Waals surface area contributed by atoms with Crippen LogP contribution in [0.3, 0.4) is 0 Å². The Kier molecular flexibility index (Phi) is 4.42. The zero-order valence-electron chi connectivity index (χ0n) is 10.8. The molecule has 1 aromatic carbocycles. The number of pyridine rings is 1. The smallest absolute Gasteiger partial charge is 0.242 e. The summed E-state index contributed by atoms with van der Waals surface area (Å²) in [6, 6.07) is 6.55. The van der Waals surface area contributed by atoms with Crippen molar-refractivity contribution < 1.29 is 8.42 Å². The summed E-state index contributed by atoms with van der Waals surface area (Å²) in [7, 11) is -3.66. The van der Waals surface area contributed by atoms with Crippen LogP contribution >= 0.6 is 15.9 Å². The van der Waals surface area contributed by atoms with Crippen LogP contribution in [0.5, 0.6) is 0 Å². The largest absolute Gasteiger partial charge is 0.398 e. The van der Waals surface area contributed by atoms with E-state index in [4.69, 9.17) is 5.73 Å². The Labute approximate surface area is 126 Å². The lowest BCUT2D eigenvalue weighted by Crippen LogP contribution is -2.24. The van der Waals surface area contributed by atoms with Crippen LogP contribution in [0.1, 0.15) is 11.1 Å². The summed E-state index contributed by atoms with van der Waals surface area (Å²) in [5, 5.41) is 0. The number of nitrogens with one attached hydrogen (secondary N) is 1. The third-order valence-corrected chi connectivity index (χ3v) is 4.82. The molecule has 0 radical (unpaired) electrons. The average molecular weight is 356 g/mol. The molecule has 5 nitrogen and oxygen atoms in total. The van der Waals surface area contributed by atoms with Gasteiger partial charge in [-0.1, -0.05) is 15.9 Å². The van der Waals surface area contributed by atoms with Crippen molar-refractivity contribution in [1.82, 2.24) is 9.71 Å². The number of rotatable bonds is 4. The third-order valence-electron chi connectivity index (χ3n) is 2.87. The van der Waals surface area contributed by atoms with E-state index in [-0.39, 0.29) is 17.1 Å². The van der Waals surface area contributed by atoms with Crippen LogP contribution in [-0.4, -0.2) is 13.4 Å². The summed E-state index contributed by atoms with van der Waals surface area (Å²) in [5.41, 5.74) is 7.73. The second kappa shape index (κ2) is 5.90. The van der Waals surface area contributed by atoms with E-state index in [1.54, 1.807) is 24.5 Å². The van der Waals surface area contributed by atoms with E-state index in [0.29, 0.717) is 4.47 Å². The first kappa shape index (κ1) is 15.0. The third kappa shape index (κ3) is 3.36. The van der Waals surface area contributed by atoms with E-state index in [1.165, 1.54) is 6.07 Å². The number of sulfonamides is 1. The maximum Gasteiger partial charge on any atom is 0.242 e. The Hall–Kier alpha value is -1.44. The number of hydrogen-bond acceptors (Lipinski definition) is 4. The lowest BCUT2D eigenvalue weighted by atomic mass is 10.2. The predicted octanol–water partition coefficient (Wildman–Crippen LogP) is 2.21. The normalized spacial score (nSPS) is 11.5. The lowest BCUT2D eigenvalue weighted by molar-refractivity contribution is 0.581. The van der Waals surface area contributed by atoms with E-state index < -0.39 is 10.0 Å². The fourth-order valence-corrected chi connectivity index (χ4v) is 3.35. The molecule has 0 spiro atoms. The molecule has 0 atom stereocenters. The van der Waals surface area contributed by atoms with Gasteiger partial charge < -0.3 is 5.73 Å². The first-order valence-electron chi connectivity index (χ1n) is 5.84. The molecule has 7 heteroatoms. The SMILES string of the molecule is Cc1ccncc1CNS(=O)(=O)c1cc(Br)ccc1N. The fraction of sp³-hybridized carbons (Fsp3) is 0.154. The molecule has 0 bridgehead atoms. The Morgan fingerprint density at radius 2 is 2.10 bits per heavy atom. The molecule has 0 saturated heterocycles. The van der Waals surface area contributed by atoms with Gasteiger partial charge in [0.1, 0.15) is 4.90 Å². The zero-order valence-corrected chi connectivity index (χ0v) is 13.2. The van der Waals surface area contributed by atoms with Crippen LogP contribution in [0, 0.1) is 6.92 Å². The number of anilines is 1. The molecule has 0 unspecified atom stereocenters. The van der Waals surface area contributed by atoms with Gasteiger partial charge in [0.25, 0.3) is 0 Å². The first-order chi connectivity index (χ1) is 9.40. The van der Waals surface area contributed by atoms with Gasteiger partial charge in [-0.3, -0.25) is 4.98 Å². The fourth-order valence-electron chi connectivity index (χ4n) is 1.67. The molecule has 0 amide bonds. The minimum Gasteiger partial charge on any atom is -0.398 e. The molecule has 0 fully saturated rings. The molecule has 20 heavy (non-hydrogen) atoms. The maximum absolute atomic E-state index is 12.3. The molecule has 3 N–H and O–H groups in total. The van der Waals surface area contributed by atoms with Gasteiger partial charge in [0.15, 0.2) is 0 Å². The molecular weight excluding hydrogens is 342 g/mol. The number of nitrogen functional groups attached to an aromatic ring is 1. The first-order valence-corrected chi connectivity index (χ1v) is 8.12. The minimum atomic E-state index is -3.66. The minimum absolute atomic E-state index is 0.0634. The molecule has 0 aliphatic heterocycles. The second-order valence-electron chi connectivity index (χ2n) is 4.31. The van der Waals surface area contributed by atoms with Gasteiger partial charge in [0.2, 0.25) is 10.0 Å². The summed E-state index contributed by atoms with van der Waals surface area (Å²) < 4.78 is 27.7. The molecule has 2 rings (SSSR count). The standard InChI is InChI=1S/C13H14BrN3O2S/c1-9-4-5-16-7-10(9)8-17-20(18,19)13-6-11(14)2-3-12(13)15/h2-7,17H,8,15H2,1H3. The Morgan fingerprint density at radius 1 is 1.35 bits per heavy atom. The molecule has 0 saturated carbocycles. The quantitative estimate of drug-likeness (QED) is 0.823. The number of halogens is 1. The average Bonchev–Trinajstić information content (AvgIpc) is 2.40. The Bertz CT molecular complexity index is 732. The van der Waals surface area contributed by atoms with Gasteiger partial charge in [-0.25, -0.2) is 13.1 Å². The number of nitrogens with zero attached hydrogens (tertiary/aromatic N) is 1. The highest BCUT2D eigenvalue weighted by Crippen LogP contribution is 2.23. The predicted molar refractivity (Wildman–Crippen MR) is 81.6 cm³/mol. The maximum atomic E-state index is 12.3. The molecule has 1 heterocycles. The van der Waals surface area contributed by atoms with Gasteiger partial charge >= 0.3 is 0 Å². The van der Waals surface area contributed by atoms with E-state index in [2.05, 4.69) is 25.6 Å². The van der Waals surface area contributed by atoms with Crippen LogP contribution in [0.4, 0.5) is 5.69 Å².